The van der Waals surface area contributed by atoms with Gasteiger partial charge in [0.05, 0.1) is 24.4 Å². The smallest absolute Gasteiger partial charge is 0.274 e. The quantitative estimate of drug-likeness (QED) is 0.791. The molecule has 0 aliphatic carbocycles. The number of para-hydroxylation sites is 1. The Hall–Kier alpha value is -3.06. The summed E-state index contributed by atoms with van der Waals surface area (Å²) in [6, 6.07) is 13.2. The molecule has 0 radical (unpaired) electrons. The number of ether oxygens (including phenoxy) is 1. The van der Waals surface area contributed by atoms with E-state index in [4.69, 9.17) is 4.74 Å². The summed E-state index contributed by atoms with van der Waals surface area (Å²) in [5.74, 6) is 0.450. The molecule has 0 bridgehead atoms. The van der Waals surface area contributed by atoms with Crippen molar-refractivity contribution in [3.63, 3.8) is 0 Å². The van der Waals surface area contributed by atoms with Crippen LogP contribution in [0.1, 0.15) is 10.5 Å². The predicted octanol–water partition coefficient (Wildman–Crippen LogP) is 2.24. The predicted molar refractivity (Wildman–Crippen MR) is 93.8 cm³/mol. The van der Waals surface area contributed by atoms with Crippen LogP contribution in [0.4, 0.5) is 11.5 Å². The summed E-state index contributed by atoms with van der Waals surface area (Å²) in [5.41, 5.74) is 2.04. The molecule has 0 unspecified atom stereocenters. The van der Waals surface area contributed by atoms with Crippen LogP contribution >= 0.6 is 0 Å². The first kappa shape index (κ1) is 15.5. The number of amides is 1. The van der Waals surface area contributed by atoms with E-state index in [2.05, 4.69) is 20.5 Å². The van der Waals surface area contributed by atoms with E-state index in [1.807, 2.05) is 30.3 Å². The van der Waals surface area contributed by atoms with Crippen molar-refractivity contribution in [3.05, 3.63) is 54.4 Å². The minimum atomic E-state index is -0.117. The van der Waals surface area contributed by atoms with Crippen LogP contribution in [-0.2, 0) is 4.74 Å². The average molecular weight is 335 g/mol. The Morgan fingerprint density at radius 2 is 1.88 bits per heavy atom. The molecule has 3 aromatic rings. The summed E-state index contributed by atoms with van der Waals surface area (Å²) in [6.07, 6.45) is 1.75. The van der Waals surface area contributed by atoms with Crippen molar-refractivity contribution in [1.29, 1.82) is 0 Å². The fourth-order valence-electron chi connectivity index (χ4n) is 2.78. The van der Waals surface area contributed by atoms with Crippen molar-refractivity contribution in [2.45, 2.75) is 0 Å². The fourth-order valence-corrected chi connectivity index (χ4v) is 2.78. The lowest BCUT2D eigenvalue weighted by molar-refractivity contribution is 0.0298. The van der Waals surface area contributed by atoms with Crippen LogP contribution in [-0.4, -0.2) is 52.3 Å². The van der Waals surface area contributed by atoms with Gasteiger partial charge in [0.25, 0.3) is 5.91 Å². The van der Waals surface area contributed by atoms with E-state index < -0.39 is 0 Å². The molecule has 1 saturated heterocycles. The molecule has 1 amide bonds. The van der Waals surface area contributed by atoms with Crippen LogP contribution in [0.5, 0.6) is 0 Å². The van der Waals surface area contributed by atoms with Gasteiger partial charge < -0.3 is 15.0 Å². The maximum absolute atomic E-state index is 12.4. The molecule has 1 aliphatic rings. The third-order valence-corrected chi connectivity index (χ3v) is 4.08. The van der Waals surface area contributed by atoms with E-state index in [0.29, 0.717) is 37.8 Å². The molecule has 0 atom stereocenters. The zero-order chi connectivity index (χ0) is 17.1. The second kappa shape index (κ2) is 6.82. The summed E-state index contributed by atoms with van der Waals surface area (Å²) < 4.78 is 5.26. The summed E-state index contributed by atoms with van der Waals surface area (Å²) in [7, 11) is 0. The highest BCUT2D eigenvalue weighted by atomic mass is 16.5. The molecule has 1 aromatic carbocycles. The number of carbonyl (C=O) groups is 1. The first-order chi connectivity index (χ1) is 12.3. The van der Waals surface area contributed by atoms with Crippen molar-refractivity contribution in [1.82, 2.24) is 20.1 Å². The fraction of sp³-hybridized carbons (Fsp3) is 0.222. The molecule has 1 N–H and O–H groups in total. The monoisotopic (exact) mass is 335 g/mol. The van der Waals surface area contributed by atoms with Crippen molar-refractivity contribution in [2.24, 2.45) is 0 Å². The topological polar surface area (TPSA) is 80.2 Å². The zero-order valence-corrected chi connectivity index (χ0v) is 13.6. The highest BCUT2D eigenvalue weighted by molar-refractivity contribution is 5.93. The molecule has 126 valence electrons. The van der Waals surface area contributed by atoms with Crippen molar-refractivity contribution in [3.8, 4) is 0 Å². The molecule has 3 heterocycles. The van der Waals surface area contributed by atoms with Crippen molar-refractivity contribution in [2.75, 3.05) is 31.6 Å². The highest BCUT2D eigenvalue weighted by Crippen LogP contribution is 2.23. The molecule has 1 fully saturated rings. The number of benzene rings is 1. The van der Waals surface area contributed by atoms with Crippen LogP contribution in [0.15, 0.2) is 48.7 Å². The van der Waals surface area contributed by atoms with E-state index in [9.17, 15) is 4.79 Å². The lowest BCUT2D eigenvalue weighted by Gasteiger charge is -2.26. The lowest BCUT2D eigenvalue weighted by Crippen LogP contribution is -2.41. The number of hydrogen-bond acceptors (Lipinski definition) is 6. The Morgan fingerprint density at radius 3 is 2.68 bits per heavy atom. The van der Waals surface area contributed by atoms with Gasteiger partial charge in [-0.3, -0.25) is 9.78 Å². The zero-order valence-electron chi connectivity index (χ0n) is 13.6. The van der Waals surface area contributed by atoms with Crippen molar-refractivity contribution >= 4 is 28.3 Å². The van der Waals surface area contributed by atoms with Crippen LogP contribution in [0.25, 0.3) is 10.9 Å². The maximum Gasteiger partial charge on any atom is 0.274 e. The number of carbonyl (C=O) groups excluding carboxylic acids is 1. The Morgan fingerprint density at radius 1 is 1.04 bits per heavy atom. The molecule has 2 aromatic heterocycles. The number of nitrogens with one attached hydrogen (secondary N) is 1. The average Bonchev–Trinajstić information content (AvgIpc) is 2.69. The normalized spacial score (nSPS) is 14.5. The molecule has 4 rings (SSSR count). The number of aromatic nitrogens is 3. The summed E-state index contributed by atoms with van der Waals surface area (Å²) in [5, 5.41) is 12.4. The minimum absolute atomic E-state index is 0.117. The van der Waals surface area contributed by atoms with Gasteiger partial charge in [-0.1, -0.05) is 18.2 Å². The van der Waals surface area contributed by atoms with Crippen LogP contribution in [0, 0.1) is 0 Å². The van der Waals surface area contributed by atoms with E-state index in [-0.39, 0.29) is 5.91 Å². The van der Waals surface area contributed by atoms with Gasteiger partial charge in [0, 0.05) is 24.7 Å². The van der Waals surface area contributed by atoms with Crippen LogP contribution in [0.3, 0.4) is 0 Å². The molecule has 25 heavy (non-hydrogen) atoms. The summed E-state index contributed by atoms with van der Waals surface area (Å²) >= 11 is 0. The van der Waals surface area contributed by atoms with E-state index in [1.165, 1.54) is 0 Å². The molecule has 0 saturated carbocycles. The van der Waals surface area contributed by atoms with Crippen LogP contribution in [0.2, 0.25) is 0 Å². The maximum atomic E-state index is 12.4. The second-order valence-electron chi connectivity index (χ2n) is 5.71. The second-order valence-corrected chi connectivity index (χ2v) is 5.71. The van der Waals surface area contributed by atoms with E-state index in [1.54, 1.807) is 23.2 Å². The molecule has 7 heteroatoms. The minimum Gasteiger partial charge on any atom is -0.378 e. The van der Waals surface area contributed by atoms with Gasteiger partial charge in [-0.05, 0) is 24.3 Å². The molecular formula is C18H17N5O2. The number of hydrogen-bond donors (Lipinski definition) is 1. The Balaban J connectivity index is 1.53. The number of pyridine rings is 1. The van der Waals surface area contributed by atoms with Gasteiger partial charge in [0.15, 0.2) is 11.5 Å². The summed E-state index contributed by atoms with van der Waals surface area (Å²) in [6.45, 7) is 2.30. The van der Waals surface area contributed by atoms with Crippen molar-refractivity contribution < 1.29 is 9.53 Å². The number of morpholine rings is 1. The Kier molecular flexibility index (Phi) is 4.22. The standard InChI is InChI=1S/C18H17N5O2/c24-18(23-9-11-25-12-10-23)15-6-7-16(22-21-15)20-14-5-1-3-13-4-2-8-19-17(13)14/h1-8H,9-12H2,(H,20,22). The highest BCUT2D eigenvalue weighted by Gasteiger charge is 2.19. The summed E-state index contributed by atoms with van der Waals surface area (Å²) in [4.78, 5) is 18.5. The molecule has 7 nitrogen and oxygen atoms in total. The van der Waals surface area contributed by atoms with Gasteiger partial charge in [0.2, 0.25) is 0 Å². The van der Waals surface area contributed by atoms with Gasteiger partial charge >= 0.3 is 0 Å². The lowest BCUT2D eigenvalue weighted by atomic mass is 10.2. The number of nitrogens with zero attached hydrogens (tertiary/aromatic N) is 4. The van der Waals surface area contributed by atoms with E-state index in [0.717, 1.165) is 16.6 Å². The first-order valence-corrected chi connectivity index (χ1v) is 8.13. The van der Waals surface area contributed by atoms with E-state index >= 15 is 0 Å². The number of anilines is 2. The molecule has 0 spiro atoms. The number of rotatable bonds is 3. The SMILES string of the molecule is O=C(c1ccc(Nc2cccc3cccnc23)nn1)N1CCOCC1. The van der Waals surface area contributed by atoms with Gasteiger partial charge in [0.1, 0.15) is 0 Å². The third-order valence-electron chi connectivity index (χ3n) is 4.08. The van der Waals surface area contributed by atoms with Crippen LogP contribution < -0.4 is 5.32 Å². The van der Waals surface area contributed by atoms with Gasteiger partial charge in [-0.2, -0.15) is 0 Å². The number of fused-ring (bicyclic) bond motifs is 1. The Labute approximate surface area is 144 Å². The first-order valence-electron chi connectivity index (χ1n) is 8.13. The Bertz CT molecular complexity index is 886. The molecule has 1 aliphatic heterocycles. The van der Waals surface area contributed by atoms with Gasteiger partial charge in [-0.25, -0.2) is 0 Å². The third kappa shape index (κ3) is 3.27. The largest absolute Gasteiger partial charge is 0.378 e. The van der Waals surface area contributed by atoms with Gasteiger partial charge in [-0.15, -0.1) is 10.2 Å². The molecular weight excluding hydrogens is 318 g/mol.